The van der Waals surface area contributed by atoms with E-state index in [0.29, 0.717) is 0 Å². The van der Waals surface area contributed by atoms with Gasteiger partial charge in [0.05, 0.1) is 22.2 Å². The van der Waals surface area contributed by atoms with E-state index in [0.717, 1.165) is 30.0 Å². The molecule has 0 heterocycles. The van der Waals surface area contributed by atoms with Crippen LogP contribution in [0.1, 0.15) is 6.92 Å². The summed E-state index contributed by atoms with van der Waals surface area (Å²) in [6.07, 6.45) is 0. The molecular weight excluding hydrogens is 249 g/mol. The third-order valence-electron chi connectivity index (χ3n) is 1.77. The molecule has 0 radical (unpaired) electrons. The Kier molecular flexibility index (Phi) is 4.89. The largest absolute Gasteiger partial charge is 0.465 e. The van der Waals surface area contributed by atoms with Gasteiger partial charge in [0.2, 0.25) is 0 Å². The maximum atomic E-state index is 12.9. The van der Waals surface area contributed by atoms with Crippen molar-refractivity contribution in [3.8, 4) is 0 Å². The summed E-state index contributed by atoms with van der Waals surface area (Å²) in [4.78, 5) is 21.2. The second-order valence-electron chi connectivity index (χ2n) is 2.96. The van der Waals surface area contributed by atoms with Crippen LogP contribution in [0.4, 0.5) is 10.1 Å². The van der Waals surface area contributed by atoms with Gasteiger partial charge in [0.25, 0.3) is 5.69 Å². The molecule has 0 aliphatic heterocycles. The number of hydrogen-bond donors (Lipinski definition) is 0. The predicted octanol–water partition coefficient (Wildman–Crippen LogP) is 2.39. The molecule has 7 heteroatoms. The molecule has 5 nitrogen and oxygen atoms in total. The monoisotopic (exact) mass is 259 g/mol. The number of esters is 1. The van der Waals surface area contributed by atoms with Gasteiger partial charge < -0.3 is 4.74 Å². The molecule has 92 valence electrons. The number of rotatable bonds is 5. The summed E-state index contributed by atoms with van der Waals surface area (Å²) in [5, 5.41) is 10.7. The molecule has 0 spiro atoms. The van der Waals surface area contributed by atoms with Crippen molar-refractivity contribution in [3.63, 3.8) is 0 Å². The molecular formula is C10H10FNO4S. The second-order valence-corrected chi connectivity index (χ2v) is 3.98. The van der Waals surface area contributed by atoms with Crippen molar-refractivity contribution >= 4 is 23.4 Å². The van der Waals surface area contributed by atoms with Crippen LogP contribution in [0.3, 0.4) is 0 Å². The Morgan fingerprint density at radius 2 is 2.29 bits per heavy atom. The van der Waals surface area contributed by atoms with E-state index in [-0.39, 0.29) is 22.9 Å². The van der Waals surface area contributed by atoms with Crippen LogP contribution in [0.25, 0.3) is 0 Å². The van der Waals surface area contributed by atoms with Crippen molar-refractivity contribution in [1.82, 2.24) is 0 Å². The number of benzene rings is 1. The normalized spacial score (nSPS) is 10.0. The van der Waals surface area contributed by atoms with Crippen molar-refractivity contribution in [3.05, 3.63) is 34.1 Å². The fraction of sp³-hybridized carbons (Fsp3) is 0.300. The summed E-state index contributed by atoms with van der Waals surface area (Å²) >= 11 is 0.881. The van der Waals surface area contributed by atoms with E-state index in [1.165, 1.54) is 0 Å². The van der Waals surface area contributed by atoms with Crippen molar-refractivity contribution in [2.75, 3.05) is 12.4 Å². The average molecular weight is 259 g/mol. The zero-order valence-corrected chi connectivity index (χ0v) is 9.83. The molecule has 0 amide bonds. The van der Waals surface area contributed by atoms with Gasteiger partial charge in [-0.1, -0.05) is 0 Å². The van der Waals surface area contributed by atoms with Crippen molar-refractivity contribution < 1.29 is 18.8 Å². The van der Waals surface area contributed by atoms with Crippen LogP contribution in [0.2, 0.25) is 0 Å². The first kappa shape index (κ1) is 13.4. The maximum Gasteiger partial charge on any atom is 0.316 e. The van der Waals surface area contributed by atoms with Gasteiger partial charge in [0.15, 0.2) is 0 Å². The van der Waals surface area contributed by atoms with Crippen molar-refractivity contribution in [1.29, 1.82) is 0 Å². The van der Waals surface area contributed by atoms with E-state index in [1.54, 1.807) is 6.92 Å². The van der Waals surface area contributed by atoms with E-state index < -0.39 is 16.7 Å². The van der Waals surface area contributed by atoms with E-state index in [1.807, 2.05) is 0 Å². The number of nitro benzene ring substituents is 1. The van der Waals surface area contributed by atoms with Crippen molar-refractivity contribution in [2.24, 2.45) is 0 Å². The minimum Gasteiger partial charge on any atom is -0.465 e. The lowest BCUT2D eigenvalue weighted by atomic mass is 10.3. The lowest BCUT2D eigenvalue weighted by Gasteiger charge is -2.03. The minimum absolute atomic E-state index is 0.0852. The van der Waals surface area contributed by atoms with Crippen LogP contribution < -0.4 is 0 Å². The summed E-state index contributed by atoms with van der Waals surface area (Å²) in [5.41, 5.74) is -0.222. The molecule has 0 aliphatic rings. The Hall–Kier alpha value is -1.63. The van der Waals surface area contributed by atoms with Crippen LogP contribution in [0.15, 0.2) is 23.1 Å². The zero-order chi connectivity index (χ0) is 12.8. The number of ether oxygens (including phenoxy) is 1. The number of thioether (sulfide) groups is 1. The topological polar surface area (TPSA) is 69.4 Å². The van der Waals surface area contributed by atoms with E-state index in [4.69, 9.17) is 0 Å². The highest BCUT2D eigenvalue weighted by Crippen LogP contribution is 2.29. The summed E-state index contributed by atoms with van der Waals surface area (Å²) in [5.74, 6) is -1.16. The number of halogens is 1. The van der Waals surface area contributed by atoms with Gasteiger partial charge in [0, 0.05) is 6.07 Å². The smallest absolute Gasteiger partial charge is 0.316 e. The molecule has 0 saturated carbocycles. The van der Waals surface area contributed by atoms with Gasteiger partial charge >= 0.3 is 5.97 Å². The minimum atomic E-state index is -0.618. The molecule has 0 aromatic heterocycles. The molecule has 0 aliphatic carbocycles. The Morgan fingerprint density at radius 1 is 1.59 bits per heavy atom. The highest BCUT2D eigenvalue weighted by atomic mass is 32.2. The SMILES string of the molecule is CCOC(=O)CSc1cc(F)ccc1[N+](=O)[O-]. The third-order valence-corrected chi connectivity index (χ3v) is 2.79. The van der Waals surface area contributed by atoms with Crippen molar-refractivity contribution in [2.45, 2.75) is 11.8 Å². The number of nitrogens with zero attached hydrogens (tertiary/aromatic N) is 1. The second kappa shape index (κ2) is 6.19. The molecule has 0 fully saturated rings. The fourth-order valence-electron chi connectivity index (χ4n) is 1.09. The standard InChI is InChI=1S/C10H10FNO4S/c1-2-16-10(13)6-17-9-5-7(11)3-4-8(9)12(14)15/h3-5H,2,6H2,1H3. The molecule has 0 N–H and O–H groups in total. The van der Waals surface area contributed by atoms with Gasteiger partial charge in [-0.05, 0) is 19.1 Å². The highest BCUT2D eigenvalue weighted by Gasteiger charge is 2.16. The number of carbonyl (C=O) groups excluding carboxylic acids is 1. The fourth-order valence-corrected chi connectivity index (χ4v) is 1.94. The first-order valence-corrected chi connectivity index (χ1v) is 5.75. The number of hydrogen-bond acceptors (Lipinski definition) is 5. The maximum absolute atomic E-state index is 12.9. The van der Waals surface area contributed by atoms with Crippen LogP contribution in [-0.2, 0) is 9.53 Å². The zero-order valence-electron chi connectivity index (χ0n) is 9.01. The molecule has 1 rings (SSSR count). The number of nitro groups is 1. The van der Waals surface area contributed by atoms with Gasteiger partial charge in [0.1, 0.15) is 5.82 Å². The van der Waals surface area contributed by atoms with Gasteiger partial charge in [-0.2, -0.15) is 0 Å². The predicted molar refractivity (Wildman–Crippen MR) is 60.4 cm³/mol. The molecule has 17 heavy (non-hydrogen) atoms. The Bertz CT molecular complexity index is 438. The number of carbonyl (C=O) groups is 1. The summed E-state index contributed by atoms with van der Waals surface area (Å²) in [7, 11) is 0. The van der Waals surface area contributed by atoms with Gasteiger partial charge in [-0.3, -0.25) is 14.9 Å². The Balaban J connectivity index is 2.78. The highest BCUT2D eigenvalue weighted by molar-refractivity contribution is 8.00. The van der Waals surface area contributed by atoms with Crippen LogP contribution in [0, 0.1) is 15.9 Å². The summed E-state index contributed by atoms with van der Waals surface area (Å²) < 4.78 is 17.6. The first-order chi connectivity index (χ1) is 8.04. The Morgan fingerprint density at radius 3 is 2.88 bits per heavy atom. The van der Waals surface area contributed by atoms with E-state index in [2.05, 4.69) is 4.74 Å². The molecule has 0 atom stereocenters. The van der Waals surface area contributed by atoms with Gasteiger partial charge in [-0.25, -0.2) is 4.39 Å². The molecule has 0 bridgehead atoms. The summed E-state index contributed by atoms with van der Waals surface area (Å²) in [6, 6.07) is 3.11. The third kappa shape index (κ3) is 4.03. The van der Waals surface area contributed by atoms with E-state index in [9.17, 15) is 19.3 Å². The first-order valence-electron chi connectivity index (χ1n) is 4.77. The van der Waals surface area contributed by atoms with E-state index >= 15 is 0 Å². The average Bonchev–Trinajstić information content (AvgIpc) is 2.26. The quantitative estimate of drug-likeness (QED) is 0.351. The summed E-state index contributed by atoms with van der Waals surface area (Å²) in [6.45, 7) is 1.90. The molecule has 1 aromatic carbocycles. The van der Waals surface area contributed by atoms with Crippen LogP contribution in [0.5, 0.6) is 0 Å². The van der Waals surface area contributed by atoms with Crippen LogP contribution >= 0.6 is 11.8 Å². The molecule has 0 saturated heterocycles. The molecule has 1 aromatic rings. The Labute approximate surface area is 101 Å². The van der Waals surface area contributed by atoms with Crippen LogP contribution in [-0.4, -0.2) is 23.3 Å². The lowest BCUT2D eigenvalue weighted by molar-refractivity contribution is -0.387. The van der Waals surface area contributed by atoms with Gasteiger partial charge in [-0.15, -0.1) is 11.8 Å². The lowest BCUT2D eigenvalue weighted by Crippen LogP contribution is -2.06. The molecule has 0 unspecified atom stereocenters.